The molecular weight excluding hydrogens is 249 g/mol. The maximum atomic E-state index is 11.0. The highest BCUT2D eigenvalue weighted by molar-refractivity contribution is 6.42. The van der Waals surface area contributed by atoms with Gasteiger partial charge in [0, 0.05) is 6.92 Å². The third-order valence-corrected chi connectivity index (χ3v) is 2.76. The molecule has 0 N–H and O–H groups in total. The average Bonchev–Trinajstić information content (AvgIpc) is 2.71. The van der Waals surface area contributed by atoms with Gasteiger partial charge in [0.25, 0.3) is 0 Å². The van der Waals surface area contributed by atoms with Crippen LogP contribution in [0.1, 0.15) is 17.4 Å². The number of hydrogen-bond acceptors (Lipinski definition) is 3. The molecule has 0 saturated carbocycles. The van der Waals surface area contributed by atoms with Crippen LogP contribution in [0.4, 0.5) is 0 Å². The van der Waals surface area contributed by atoms with Crippen LogP contribution >= 0.6 is 23.2 Å². The molecule has 0 fully saturated rings. The molecule has 0 radical (unpaired) electrons. The molecule has 0 atom stereocenters. The van der Waals surface area contributed by atoms with Gasteiger partial charge in [0.1, 0.15) is 5.69 Å². The van der Waals surface area contributed by atoms with Crippen LogP contribution in [-0.4, -0.2) is 20.8 Å². The zero-order chi connectivity index (χ0) is 11.7. The van der Waals surface area contributed by atoms with Crippen molar-refractivity contribution >= 4 is 29.0 Å². The molecule has 0 aliphatic carbocycles. The molecule has 1 aromatic carbocycles. The minimum Gasteiger partial charge on any atom is -0.293 e. The summed E-state index contributed by atoms with van der Waals surface area (Å²) in [5, 5.41) is 8.45. The van der Waals surface area contributed by atoms with Gasteiger partial charge in [0.2, 0.25) is 0 Å². The monoisotopic (exact) mass is 255 g/mol. The minimum atomic E-state index is -0.133. The number of benzene rings is 1. The minimum absolute atomic E-state index is 0.133. The number of Topliss-reactive ketones (excluding diaryl/α,β-unsaturated/α-hetero) is 1. The first kappa shape index (κ1) is 11.1. The van der Waals surface area contributed by atoms with E-state index in [4.69, 9.17) is 23.2 Å². The van der Waals surface area contributed by atoms with E-state index in [1.807, 2.05) is 0 Å². The second-order valence-electron chi connectivity index (χ2n) is 3.20. The predicted octanol–water partition coefficient (Wildman–Crippen LogP) is 2.78. The maximum absolute atomic E-state index is 11.0. The summed E-state index contributed by atoms with van der Waals surface area (Å²) in [5.41, 5.74) is 1.01. The zero-order valence-electron chi connectivity index (χ0n) is 8.32. The van der Waals surface area contributed by atoms with Crippen LogP contribution in [0.15, 0.2) is 24.4 Å². The Hall–Kier alpha value is -1.39. The summed E-state index contributed by atoms with van der Waals surface area (Å²) in [6.45, 7) is 1.43. The number of aromatic nitrogens is 3. The second kappa shape index (κ2) is 4.23. The highest BCUT2D eigenvalue weighted by Crippen LogP contribution is 2.24. The van der Waals surface area contributed by atoms with Gasteiger partial charge in [-0.3, -0.25) is 4.79 Å². The first-order valence-corrected chi connectivity index (χ1v) is 5.22. The average molecular weight is 256 g/mol. The molecule has 0 amide bonds. The van der Waals surface area contributed by atoms with Crippen LogP contribution in [-0.2, 0) is 0 Å². The predicted molar refractivity (Wildman–Crippen MR) is 61.4 cm³/mol. The van der Waals surface area contributed by atoms with Crippen LogP contribution in [0.3, 0.4) is 0 Å². The van der Waals surface area contributed by atoms with Gasteiger partial charge in [0.05, 0.1) is 21.9 Å². The molecule has 1 heterocycles. The second-order valence-corrected chi connectivity index (χ2v) is 4.02. The molecule has 0 spiro atoms. The highest BCUT2D eigenvalue weighted by atomic mass is 35.5. The number of carbonyl (C=O) groups excluding carboxylic acids is 1. The van der Waals surface area contributed by atoms with E-state index in [0.29, 0.717) is 21.4 Å². The van der Waals surface area contributed by atoms with E-state index in [-0.39, 0.29) is 5.78 Å². The molecular formula is C10H7Cl2N3O. The van der Waals surface area contributed by atoms with Crippen molar-refractivity contribution in [2.75, 3.05) is 0 Å². The van der Waals surface area contributed by atoms with Crippen molar-refractivity contribution < 1.29 is 4.79 Å². The fourth-order valence-corrected chi connectivity index (χ4v) is 1.47. The van der Waals surface area contributed by atoms with E-state index < -0.39 is 0 Å². The number of carbonyl (C=O) groups is 1. The lowest BCUT2D eigenvalue weighted by Crippen LogP contribution is -1.94. The van der Waals surface area contributed by atoms with Crippen molar-refractivity contribution in [1.29, 1.82) is 0 Å². The Morgan fingerprint density at radius 2 is 2.06 bits per heavy atom. The van der Waals surface area contributed by atoms with E-state index in [1.54, 1.807) is 24.4 Å². The van der Waals surface area contributed by atoms with Crippen LogP contribution < -0.4 is 0 Å². The molecule has 0 bridgehead atoms. The van der Waals surface area contributed by atoms with Crippen LogP contribution in [0.2, 0.25) is 10.0 Å². The summed E-state index contributed by atoms with van der Waals surface area (Å²) in [7, 11) is 0. The third kappa shape index (κ3) is 2.08. The normalized spacial score (nSPS) is 10.4. The summed E-state index contributed by atoms with van der Waals surface area (Å²) >= 11 is 11.7. The topological polar surface area (TPSA) is 47.8 Å². The molecule has 6 heteroatoms. The molecule has 0 aliphatic rings. The van der Waals surface area contributed by atoms with Crippen molar-refractivity contribution in [3.05, 3.63) is 40.1 Å². The summed E-state index contributed by atoms with van der Waals surface area (Å²) in [6.07, 6.45) is 1.54. The standard InChI is InChI=1S/C10H7Cl2N3O/c1-6(16)10-5-15(14-13-10)7-2-3-8(11)9(12)4-7/h2-5H,1H3. The number of rotatable bonds is 2. The summed E-state index contributed by atoms with van der Waals surface area (Å²) in [4.78, 5) is 11.0. The number of nitrogens with zero attached hydrogens (tertiary/aromatic N) is 3. The lowest BCUT2D eigenvalue weighted by Gasteiger charge is -2.01. The molecule has 0 aliphatic heterocycles. The van der Waals surface area contributed by atoms with E-state index in [0.717, 1.165) is 0 Å². The molecule has 2 aromatic rings. The Kier molecular flexibility index (Phi) is 2.94. The highest BCUT2D eigenvalue weighted by Gasteiger charge is 2.07. The van der Waals surface area contributed by atoms with E-state index in [1.165, 1.54) is 11.6 Å². The Labute approximate surface area is 102 Å². The van der Waals surface area contributed by atoms with Gasteiger partial charge >= 0.3 is 0 Å². The molecule has 16 heavy (non-hydrogen) atoms. The lowest BCUT2D eigenvalue weighted by molar-refractivity contribution is 0.101. The first-order chi connectivity index (χ1) is 7.58. The van der Waals surface area contributed by atoms with Gasteiger partial charge in [-0.2, -0.15) is 0 Å². The van der Waals surface area contributed by atoms with Crippen molar-refractivity contribution in [3.63, 3.8) is 0 Å². The van der Waals surface area contributed by atoms with Crippen molar-refractivity contribution in [2.24, 2.45) is 0 Å². The van der Waals surface area contributed by atoms with Gasteiger partial charge in [0.15, 0.2) is 5.78 Å². The maximum Gasteiger partial charge on any atom is 0.181 e. The largest absolute Gasteiger partial charge is 0.293 e. The van der Waals surface area contributed by atoms with E-state index >= 15 is 0 Å². The zero-order valence-corrected chi connectivity index (χ0v) is 9.83. The number of ketones is 1. The fraction of sp³-hybridized carbons (Fsp3) is 0.100. The van der Waals surface area contributed by atoms with Crippen molar-refractivity contribution in [2.45, 2.75) is 6.92 Å². The molecule has 4 nitrogen and oxygen atoms in total. The Morgan fingerprint density at radius 3 is 2.62 bits per heavy atom. The Bertz CT molecular complexity index is 551. The Balaban J connectivity index is 2.42. The van der Waals surface area contributed by atoms with Gasteiger partial charge in [-0.05, 0) is 18.2 Å². The number of hydrogen-bond donors (Lipinski definition) is 0. The van der Waals surface area contributed by atoms with Crippen molar-refractivity contribution in [1.82, 2.24) is 15.0 Å². The molecule has 2 rings (SSSR count). The first-order valence-electron chi connectivity index (χ1n) is 4.46. The SMILES string of the molecule is CC(=O)c1cn(-c2ccc(Cl)c(Cl)c2)nn1. The van der Waals surface area contributed by atoms with E-state index in [9.17, 15) is 4.79 Å². The molecule has 0 unspecified atom stereocenters. The van der Waals surface area contributed by atoms with Crippen molar-refractivity contribution in [3.8, 4) is 5.69 Å². The smallest absolute Gasteiger partial charge is 0.181 e. The van der Waals surface area contributed by atoms with Gasteiger partial charge in [-0.1, -0.05) is 28.4 Å². The van der Waals surface area contributed by atoms with Gasteiger partial charge in [-0.25, -0.2) is 4.68 Å². The van der Waals surface area contributed by atoms with Gasteiger partial charge < -0.3 is 0 Å². The van der Waals surface area contributed by atoms with E-state index in [2.05, 4.69) is 10.3 Å². The van der Waals surface area contributed by atoms with Crippen LogP contribution in [0.5, 0.6) is 0 Å². The fourth-order valence-electron chi connectivity index (χ4n) is 1.18. The summed E-state index contributed by atoms with van der Waals surface area (Å²) in [6, 6.07) is 5.06. The number of halogens is 2. The van der Waals surface area contributed by atoms with Crippen LogP contribution in [0, 0.1) is 0 Å². The summed E-state index contributed by atoms with van der Waals surface area (Å²) in [5.74, 6) is -0.133. The molecule has 82 valence electrons. The quantitative estimate of drug-likeness (QED) is 0.776. The lowest BCUT2D eigenvalue weighted by atomic mass is 10.3. The van der Waals surface area contributed by atoms with Crippen LogP contribution in [0.25, 0.3) is 5.69 Å². The molecule has 0 saturated heterocycles. The summed E-state index contributed by atoms with van der Waals surface area (Å²) < 4.78 is 1.47. The molecule has 1 aromatic heterocycles. The van der Waals surface area contributed by atoms with Gasteiger partial charge in [-0.15, -0.1) is 5.10 Å². The third-order valence-electron chi connectivity index (χ3n) is 2.02. The Morgan fingerprint density at radius 1 is 1.31 bits per heavy atom.